The molecule has 9 heteroatoms. The van der Waals surface area contributed by atoms with Crippen molar-refractivity contribution < 1.29 is 23.9 Å². The number of pyridine rings is 1. The minimum Gasteiger partial charge on any atom is -0.495 e. The molecule has 212 valence electrons. The first-order chi connectivity index (χ1) is 18.2. The Morgan fingerprint density at radius 1 is 1.21 bits per heavy atom. The van der Waals surface area contributed by atoms with Gasteiger partial charge in [0.15, 0.2) is 8.32 Å². The van der Waals surface area contributed by atoms with Gasteiger partial charge in [-0.1, -0.05) is 63.6 Å². The fourth-order valence-corrected chi connectivity index (χ4v) is 5.28. The Labute approximate surface area is 238 Å². The summed E-state index contributed by atoms with van der Waals surface area (Å²) in [5.41, 5.74) is 1.54. The molecule has 0 spiro atoms. The first kappa shape index (κ1) is 32.3. The summed E-state index contributed by atoms with van der Waals surface area (Å²) in [4.78, 5) is 28.8. The number of hydrogen-bond acceptors (Lipinski definition) is 5. The number of amides is 1. The molecule has 1 aromatic heterocycles. The molecule has 2 N–H and O–H groups in total. The maximum Gasteiger partial charge on any atom is 0.326 e. The molecule has 0 aliphatic carbocycles. The van der Waals surface area contributed by atoms with Crippen LogP contribution in [0.1, 0.15) is 45.4 Å². The number of carboxylic acid groups (broad SMARTS) is 1. The number of rotatable bonds is 13. The predicted molar refractivity (Wildman–Crippen MR) is 160 cm³/mol. The molecule has 1 amide bonds. The van der Waals surface area contributed by atoms with Crippen molar-refractivity contribution in [1.29, 1.82) is 0 Å². The number of halogens is 1. The molecule has 2 aromatic rings. The molecule has 0 radical (unpaired) electrons. The minimum atomic E-state index is -2.09. The maximum absolute atomic E-state index is 12.7. The Balaban J connectivity index is 2.11. The van der Waals surface area contributed by atoms with Crippen LogP contribution in [0.25, 0.3) is 6.08 Å². The number of nitrogens with one attached hydrogen (secondary N) is 1. The van der Waals surface area contributed by atoms with E-state index in [0.717, 1.165) is 5.69 Å². The van der Waals surface area contributed by atoms with E-state index >= 15 is 0 Å². The summed E-state index contributed by atoms with van der Waals surface area (Å²) in [5, 5.41) is 12.7. The highest BCUT2D eigenvalue weighted by molar-refractivity contribution is 6.74. The SMILES string of the molecule is COc1ccc(C[C@@H](NC(=O)/C=C/C[C@H](O[Si](C)(C)C(C)(C)C)[C@H](C)/C=C/c2ccccn2)C(=O)O)cc1Cl. The summed E-state index contributed by atoms with van der Waals surface area (Å²) in [6.07, 6.45) is 9.37. The number of benzene rings is 1. The third-order valence-corrected chi connectivity index (χ3v) is 11.8. The van der Waals surface area contributed by atoms with E-state index in [1.165, 1.54) is 13.2 Å². The molecule has 3 atom stereocenters. The van der Waals surface area contributed by atoms with Crippen molar-refractivity contribution in [3.63, 3.8) is 0 Å². The van der Waals surface area contributed by atoms with Gasteiger partial charge in [-0.25, -0.2) is 4.79 Å². The molecule has 0 fully saturated rings. The molecule has 0 saturated heterocycles. The largest absolute Gasteiger partial charge is 0.495 e. The van der Waals surface area contributed by atoms with Crippen molar-refractivity contribution in [3.05, 3.63) is 77.1 Å². The topological polar surface area (TPSA) is 97.8 Å². The number of carbonyl (C=O) groups is 2. The standard InChI is InChI=1S/C30H41ClN2O5Si/c1-21(14-16-23-11-8-9-18-32-23)26(38-39(6,7)30(2,3)4)12-10-13-28(34)33-25(29(35)36)20-22-15-17-27(37-5)24(31)19-22/h8-11,13-19,21,25-26H,12,20H2,1-7H3,(H,33,34)(H,35,36)/b13-10+,16-14+/t21-,25-,26+/m1/s1. The Morgan fingerprint density at radius 2 is 1.92 bits per heavy atom. The highest BCUT2D eigenvalue weighted by Gasteiger charge is 2.39. The van der Waals surface area contributed by atoms with Crippen molar-refractivity contribution in [1.82, 2.24) is 10.3 Å². The summed E-state index contributed by atoms with van der Waals surface area (Å²) in [6, 6.07) is 9.69. The van der Waals surface area contributed by atoms with E-state index in [-0.39, 0.29) is 23.5 Å². The van der Waals surface area contributed by atoms with E-state index in [1.807, 2.05) is 24.3 Å². The molecular weight excluding hydrogens is 532 g/mol. The molecule has 0 bridgehead atoms. The average molecular weight is 573 g/mol. The highest BCUT2D eigenvalue weighted by Crippen LogP contribution is 2.38. The Morgan fingerprint density at radius 3 is 2.49 bits per heavy atom. The van der Waals surface area contributed by atoms with Gasteiger partial charge in [0.05, 0.1) is 23.9 Å². The zero-order valence-corrected chi connectivity index (χ0v) is 25.7. The zero-order valence-electron chi connectivity index (χ0n) is 23.9. The molecule has 0 unspecified atom stereocenters. The average Bonchev–Trinajstić information content (AvgIpc) is 2.86. The molecule has 2 rings (SSSR count). The Kier molecular flexibility index (Phi) is 12.0. The van der Waals surface area contributed by atoms with Crippen LogP contribution in [0.2, 0.25) is 23.2 Å². The number of ether oxygens (including phenoxy) is 1. The van der Waals surface area contributed by atoms with Gasteiger partial charge in [0.1, 0.15) is 11.8 Å². The van der Waals surface area contributed by atoms with Crippen LogP contribution in [0.4, 0.5) is 0 Å². The van der Waals surface area contributed by atoms with Crippen molar-refractivity contribution in [2.24, 2.45) is 5.92 Å². The minimum absolute atomic E-state index is 0.0236. The number of methoxy groups -OCH3 is 1. The highest BCUT2D eigenvalue weighted by atomic mass is 35.5. The third kappa shape index (κ3) is 10.3. The molecule has 0 aliphatic rings. The molecule has 1 heterocycles. The number of nitrogens with zero attached hydrogens (tertiary/aromatic N) is 1. The molecule has 39 heavy (non-hydrogen) atoms. The van der Waals surface area contributed by atoms with Crippen LogP contribution in [0, 0.1) is 5.92 Å². The Hall–Kier alpha value is -2.94. The number of carboxylic acids is 1. The van der Waals surface area contributed by atoms with Crippen LogP contribution in [0.3, 0.4) is 0 Å². The maximum atomic E-state index is 12.7. The Bertz CT molecular complexity index is 1160. The summed E-state index contributed by atoms with van der Waals surface area (Å²) < 4.78 is 11.9. The van der Waals surface area contributed by atoms with E-state index in [0.29, 0.717) is 22.8 Å². The number of carbonyl (C=O) groups excluding carboxylic acids is 1. The smallest absolute Gasteiger partial charge is 0.326 e. The van der Waals surface area contributed by atoms with Crippen LogP contribution < -0.4 is 10.1 Å². The van der Waals surface area contributed by atoms with Gasteiger partial charge in [-0.2, -0.15) is 0 Å². The first-order valence-corrected chi connectivity index (χ1v) is 16.3. The van der Waals surface area contributed by atoms with Crippen LogP contribution in [-0.2, 0) is 20.4 Å². The van der Waals surface area contributed by atoms with Crippen molar-refractivity contribution in [3.8, 4) is 5.75 Å². The van der Waals surface area contributed by atoms with Crippen molar-refractivity contribution in [2.75, 3.05) is 7.11 Å². The van der Waals surface area contributed by atoms with Gasteiger partial charge in [-0.15, -0.1) is 0 Å². The summed E-state index contributed by atoms with van der Waals surface area (Å²) in [6.45, 7) is 13.1. The van der Waals surface area contributed by atoms with E-state index in [2.05, 4.69) is 57.2 Å². The molecule has 0 saturated carbocycles. The number of aromatic nitrogens is 1. The monoisotopic (exact) mass is 572 g/mol. The van der Waals surface area contributed by atoms with E-state index in [1.54, 1.807) is 30.5 Å². The van der Waals surface area contributed by atoms with Gasteiger partial charge in [0, 0.05) is 12.6 Å². The fourth-order valence-electron chi connectivity index (χ4n) is 3.58. The van der Waals surface area contributed by atoms with Gasteiger partial charge in [0.25, 0.3) is 0 Å². The normalized spacial score (nSPS) is 14.8. The first-order valence-electron chi connectivity index (χ1n) is 13.0. The molecule has 1 aromatic carbocycles. The van der Waals surface area contributed by atoms with E-state index in [4.69, 9.17) is 20.8 Å². The second kappa shape index (κ2) is 14.4. The summed E-state index contributed by atoms with van der Waals surface area (Å²) >= 11 is 6.16. The van der Waals surface area contributed by atoms with Gasteiger partial charge < -0.3 is 19.6 Å². The van der Waals surface area contributed by atoms with Gasteiger partial charge in [-0.3, -0.25) is 9.78 Å². The van der Waals surface area contributed by atoms with Gasteiger partial charge >= 0.3 is 5.97 Å². The second-order valence-corrected chi connectivity index (χ2v) is 16.3. The van der Waals surface area contributed by atoms with Gasteiger partial charge in [-0.05, 0) is 72.5 Å². The third-order valence-electron chi connectivity index (χ3n) is 7.01. The quantitative estimate of drug-likeness (QED) is 0.209. The van der Waals surface area contributed by atoms with Crippen LogP contribution in [0.5, 0.6) is 5.75 Å². The fraction of sp³-hybridized carbons (Fsp3) is 0.433. The lowest BCUT2D eigenvalue weighted by atomic mass is 10.0. The van der Waals surface area contributed by atoms with Crippen LogP contribution in [0.15, 0.2) is 60.8 Å². The summed E-state index contributed by atoms with van der Waals surface area (Å²) in [5.74, 6) is -1.06. The molecular formula is C30H41ClN2O5Si. The second-order valence-electron chi connectivity index (χ2n) is 11.1. The van der Waals surface area contributed by atoms with Gasteiger partial charge in [0.2, 0.25) is 5.91 Å². The predicted octanol–water partition coefficient (Wildman–Crippen LogP) is 6.54. The summed E-state index contributed by atoms with van der Waals surface area (Å²) in [7, 11) is -0.587. The lowest BCUT2D eigenvalue weighted by Gasteiger charge is -2.40. The van der Waals surface area contributed by atoms with Crippen LogP contribution >= 0.6 is 11.6 Å². The zero-order chi connectivity index (χ0) is 29.2. The van der Waals surface area contributed by atoms with Crippen LogP contribution in [-0.4, -0.2) is 49.5 Å². The van der Waals surface area contributed by atoms with Crippen molar-refractivity contribution in [2.45, 2.75) is 70.8 Å². The molecule has 0 aliphatic heterocycles. The lowest BCUT2D eigenvalue weighted by Crippen LogP contribution is -2.45. The van der Waals surface area contributed by atoms with E-state index in [9.17, 15) is 14.7 Å². The number of hydrogen-bond donors (Lipinski definition) is 2. The van der Waals surface area contributed by atoms with Crippen molar-refractivity contribution >= 4 is 37.9 Å². The number of aliphatic carboxylic acids is 1. The molecule has 7 nitrogen and oxygen atoms in total. The lowest BCUT2D eigenvalue weighted by molar-refractivity contribution is -0.141. The van der Waals surface area contributed by atoms with E-state index < -0.39 is 26.2 Å².